The van der Waals surface area contributed by atoms with E-state index in [9.17, 15) is 22.8 Å². The van der Waals surface area contributed by atoms with Crippen molar-refractivity contribution in [2.24, 2.45) is 7.05 Å². The Hall–Kier alpha value is -3.04. The molecule has 2 unspecified atom stereocenters. The summed E-state index contributed by atoms with van der Waals surface area (Å²) in [6, 6.07) is 2.79. The molecule has 2 aliphatic rings. The molecule has 13 nitrogen and oxygen atoms in total. The van der Waals surface area contributed by atoms with Gasteiger partial charge in [0.1, 0.15) is 31.0 Å². The first-order valence-corrected chi connectivity index (χ1v) is 13.0. The molecule has 2 aliphatic carbocycles. The SMILES string of the molecule is Cn1nc(COCC(F)F)cc1C(=O)Nc1cc(C2=CC(OC(=O)NC3(C)CC3)C(F)C2)nn1COP(O)O. The molecule has 2 atom stereocenters. The van der Waals surface area contributed by atoms with Gasteiger partial charge in [0, 0.05) is 25.1 Å². The number of nitrogens with one attached hydrogen (secondary N) is 2. The molecule has 0 bridgehead atoms. The lowest BCUT2D eigenvalue weighted by Crippen LogP contribution is -2.37. The Kier molecular flexibility index (Phi) is 8.91. The third-order valence-electron chi connectivity index (χ3n) is 6.09. The molecule has 1 saturated carbocycles. The summed E-state index contributed by atoms with van der Waals surface area (Å²) >= 11 is 0. The number of aromatic nitrogens is 4. The molecule has 2 aromatic heterocycles. The standard InChI is InChI=1S/C22H28F3N6O7P/c1-22(3-4-22)27-21(33)38-17-6-12(5-14(17)23)15-8-19(31(29-15)11-37-39(34)35)26-20(32)16-7-13(28-30(16)2)9-36-10-18(24)25/h6-8,14,17-18,34-35H,3-5,9-11H2,1-2H3,(H,26,32)(H,27,33). The van der Waals surface area contributed by atoms with E-state index >= 15 is 0 Å². The van der Waals surface area contributed by atoms with E-state index in [1.807, 2.05) is 6.92 Å². The van der Waals surface area contributed by atoms with Crippen molar-refractivity contribution in [2.75, 3.05) is 11.9 Å². The zero-order valence-electron chi connectivity index (χ0n) is 21.0. The fraction of sp³-hybridized carbons (Fsp3) is 0.545. The summed E-state index contributed by atoms with van der Waals surface area (Å²) in [5.41, 5.74) is 0.639. The van der Waals surface area contributed by atoms with E-state index < -0.39 is 52.6 Å². The number of rotatable bonds is 12. The summed E-state index contributed by atoms with van der Waals surface area (Å²) < 4.78 is 56.6. The summed E-state index contributed by atoms with van der Waals surface area (Å²) in [5, 5.41) is 13.6. The lowest BCUT2D eigenvalue weighted by molar-refractivity contribution is 0.00871. The van der Waals surface area contributed by atoms with Gasteiger partial charge in [0.25, 0.3) is 12.3 Å². The average Bonchev–Trinajstić information content (AvgIpc) is 3.15. The summed E-state index contributed by atoms with van der Waals surface area (Å²) in [7, 11) is -1.26. The van der Waals surface area contributed by atoms with Gasteiger partial charge in [-0.25, -0.2) is 22.6 Å². The van der Waals surface area contributed by atoms with Crippen molar-refractivity contribution in [3.63, 3.8) is 0 Å². The fourth-order valence-electron chi connectivity index (χ4n) is 3.83. The Morgan fingerprint density at radius 2 is 2.03 bits per heavy atom. The number of hydrogen-bond donors (Lipinski definition) is 4. The van der Waals surface area contributed by atoms with E-state index in [1.54, 1.807) is 0 Å². The Labute approximate surface area is 221 Å². The van der Waals surface area contributed by atoms with Gasteiger partial charge in [0.05, 0.1) is 18.0 Å². The molecule has 4 N–H and O–H groups in total. The number of anilines is 1. The molecule has 17 heteroatoms. The van der Waals surface area contributed by atoms with E-state index in [-0.39, 0.29) is 41.5 Å². The highest BCUT2D eigenvalue weighted by Crippen LogP contribution is 2.36. The van der Waals surface area contributed by atoms with Crippen molar-refractivity contribution in [1.82, 2.24) is 24.9 Å². The molecule has 214 valence electrons. The number of hydrogen-bond acceptors (Lipinski definition) is 9. The molecule has 0 saturated heterocycles. The predicted molar refractivity (Wildman–Crippen MR) is 130 cm³/mol. The number of carbonyl (C=O) groups excluding carboxylic acids is 2. The van der Waals surface area contributed by atoms with Gasteiger partial charge < -0.3 is 29.9 Å². The number of alkyl carbamates (subject to hydrolysis) is 1. The Morgan fingerprint density at radius 3 is 2.69 bits per heavy atom. The molecule has 0 radical (unpaired) electrons. The zero-order valence-corrected chi connectivity index (χ0v) is 21.9. The number of nitrogens with zero attached hydrogens (tertiary/aromatic N) is 4. The Balaban J connectivity index is 1.48. The van der Waals surface area contributed by atoms with Gasteiger partial charge in [-0.05, 0) is 37.5 Å². The van der Waals surface area contributed by atoms with Crippen molar-refractivity contribution in [3.05, 3.63) is 35.3 Å². The highest BCUT2D eigenvalue weighted by Gasteiger charge is 2.40. The monoisotopic (exact) mass is 576 g/mol. The van der Waals surface area contributed by atoms with Gasteiger partial charge in [-0.1, -0.05) is 0 Å². The minimum atomic E-state index is -2.74. The quantitative estimate of drug-likeness (QED) is 0.278. The topological polar surface area (TPSA) is 162 Å². The molecule has 2 heterocycles. The van der Waals surface area contributed by atoms with Gasteiger partial charge in [-0.3, -0.25) is 14.0 Å². The molecular formula is C22H28F3N6O7P. The van der Waals surface area contributed by atoms with Gasteiger partial charge in [-0.15, -0.1) is 0 Å². The van der Waals surface area contributed by atoms with Crippen molar-refractivity contribution >= 4 is 32.0 Å². The van der Waals surface area contributed by atoms with Crippen LogP contribution >= 0.6 is 8.60 Å². The van der Waals surface area contributed by atoms with Crippen LogP contribution in [0.15, 0.2) is 18.2 Å². The first kappa shape index (κ1) is 29.0. The summed E-state index contributed by atoms with van der Waals surface area (Å²) in [6.07, 6.45) is -3.06. The van der Waals surface area contributed by atoms with Crippen LogP contribution in [0.25, 0.3) is 5.57 Å². The normalized spacial score (nSPS) is 19.9. The Morgan fingerprint density at radius 1 is 1.28 bits per heavy atom. The number of amides is 2. The van der Waals surface area contributed by atoms with Gasteiger partial charge in [-0.2, -0.15) is 10.2 Å². The second kappa shape index (κ2) is 12.0. The molecule has 0 aromatic carbocycles. The second-order valence-electron chi connectivity index (χ2n) is 9.40. The number of carbonyl (C=O) groups is 2. The summed E-state index contributed by atoms with van der Waals surface area (Å²) in [5.74, 6) is -0.577. The van der Waals surface area contributed by atoms with E-state index in [2.05, 4.69) is 20.8 Å². The van der Waals surface area contributed by atoms with Crippen LogP contribution in [0.1, 0.15) is 48.1 Å². The van der Waals surface area contributed by atoms with E-state index in [4.69, 9.17) is 23.8 Å². The maximum Gasteiger partial charge on any atom is 0.408 e. The minimum Gasteiger partial charge on any atom is -0.439 e. The van der Waals surface area contributed by atoms with Crippen LogP contribution in [0, 0.1) is 0 Å². The predicted octanol–water partition coefficient (Wildman–Crippen LogP) is 2.61. The lowest BCUT2D eigenvalue weighted by Gasteiger charge is -2.16. The van der Waals surface area contributed by atoms with Crippen LogP contribution in [0.3, 0.4) is 0 Å². The molecule has 2 amide bonds. The van der Waals surface area contributed by atoms with Gasteiger partial charge in [0.15, 0.2) is 6.10 Å². The van der Waals surface area contributed by atoms with E-state index in [0.29, 0.717) is 5.57 Å². The van der Waals surface area contributed by atoms with Crippen LogP contribution < -0.4 is 10.6 Å². The molecule has 4 rings (SSSR count). The largest absolute Gasteiger partial charge is 0.439 e. The van der Waals surface area contributed by atoms with Gasteiger partial charge in [0.2, 0.25) is 0 Å². The van der Waals surface area contributed by atoms with Crippen LogP contribution in [0.2, 0.25) is 0 Å². The Bertz CT molecular complexity index is 1230. The van der Waals surface area contributed by atoms with E-state index in [1.165, 1.54) is 29.9 Å². The number of aryl methyl sites for hydroxylation is 1. The minimum absolute atomic E-state index is 0.0696. The lowest BCUT2D eigenvalue weighted by atomic mass is 10.1. The molecule has 0 aliphatic heterocycles. The van der Waals surface area contributed by atoms with Crippen LogP contribution in [0.5, 0.6) is 0 Å². The number of alkyl halides is 3. The number of ether oxygens (including phenoxy) is 2. The van der Waals surface area contributed by atoms with Crippen molar-refractivity contribution < 1.29 is 46.5 Å². The van der Waals surface area contributed by atoms with Crippen molar-refractivity contribution in [1.29, 1.82) is 0 Å². The highest BCUT2D eigenvalue weighted by atomic mass is 31.2. The summed E-state index contributed by atoms with van der Waals surface area (Å²) in [4.78, 5) is 43.4. The molecule has 2 aromatic rings. The number of halogens is 3. The first-order valence-electron chi connectivity index (χ1n) is 11.8. The fourth-order valence-corrected chi connectivity index (χ4v) is 4.04. The van der Waals surface area contributed by atoms with Gasteiger partial charge >= 0.3 is 14.7 Å². The number of allylic oxidation sites excluding steroid dienone is 1. The third-order valence-corrected chi connectivity index (χ3v) is 6.43. The van der Waals surface area contributed by atoms with Crippen molar-refractivity contribution in [2.45, 2.75) is 63.8 Å². The highest BCUT2D eigenvalue weighted by molar-refractivity contribution is 7.39. The second-order valence-corrected chi connectivity index (χ2v) is 10.2. The molecule has 39 heavy (non-hydrogen) atoms. The van der Waals surface area contributed by atoms with Crippen LogP contribution in [0.4, 0.5) is 23.8 Å². The van der Waals surface area contributed by atoms with Crippen LogP contribution in [-0.4, -0.2) is 72.2 Å². The maximum absolute atomic E-state index is 14.7. The molecular weight excluding hydrogens is 548 g/mol. The van der Waals surface area contributed by atoms with E-state index in [0.717, 1.165) is 17.5 Å². The third kappa shape index (κ3) is 7.76. The van der Waals surface area contributed by atoms with Crippen LogP contribution in [-0.2, 0) is 34.4 Å². The molecule has 1 fully saturated rings. The first-order chi connectivity index (χ1) is 18.4. The summed E-state index contributed by atoms with van der Waals surface area (Å²) in [6.45, 7) is 0.403. The van der Waals surface area contributed by atoms with Crippen molar-refractivity contribution in [3.8, 4) is 0 Å². The average molecular weight is 576 g/mol. The maximum atomic E-state index is 14.7. The smallest absolute Gasteiger partial charge is 0.408 e. The zero-order chi connectivity index (χ0) is 28.3. The molecule has 0 spiro atoms.